The summed E-state index contributed by atoms with van der Waals surface area (Å²) < 4.78 is 33.2. The highest BCUT2D eigenvalue weighted by Crippen LogP contribution is 2.26. The number of fused-ring (bicyclic) bond motifs is 1. The summed E-state index contributed by atoms with van der Waals surface area (Å²) in [5.41, 5.74) is 0.724. The molecule has 0 aliphatic carbocycles. The molecule has 0 spiro atoms. The quantitative estimate of drug-likeness (QED) is 0.591. The predicted octanol–water partition coefficient (Wildman–Crippen LogP) is 4.18. The Morgan fingerprint density at radius 1 is 1.12 bits per heavy atom. The predicted molar refractivity (Wildman–Crippen MR) is 130 cm³/mol. The number of aryl methyl sites for hydroxylation is 1. The summed E-state index contributed by atoms with van der Waals surface area (Å²) in [5, 5.41) is 4.02. The Balaban J connectivity index is 1.59. The van der Waals surface area contributed by atoms with Crippen LogP contribution >= 0.6 is 0 Å². The molecule has 0 radical (unpaired) electrons. The fraction of sp³-hybridized carbons (Fsp3) is 0.458. The normalized spacial score (nSPS) is 17.4. The molecule has 1 aromatic carbocycles. The molecule has 3 aromatic rings. The minimum atomic E-state index is -3.80. The highest BCUT2D eigenvalue weighted by molar-refractivity contribution is 7.90. The Labute approximate surface area is 200 Å². The summed E-state index contributed by atoms with van der Waals surface area (Å²) in [4.78, 5) is 23.2. The second-order valence-electron chi connectivity index (χ2n) is 9.65. The maximum Gasteiger partial charge on any atom is 0.410 e. The van der Waals surface area contributed by atoms with Crippen LogP contribution in [-0.4, -0.2) is 58.1 Å². The Bertz CT molecular complexity index is 1280. The number of carbonyl (C=O) groups excluding carboxylic acids is 1. The van der Waals surface area contributed by atoms with E-state index in [2.05, 4.69) is 15.3 Å². The average molecular weight is 486 g/mol. The van der Waals surface area contributed by atoms with Crippen molar-refractivity contribution in [2.75, 3.05) is 18.4 Å². The zero-order chi connectivity index (χ0) is 24.5. The molecule has 3 heterocycles. The summed E-state index contributed by atoms with van der Waals surface area (Å²) in [6, 6.07) is 8.36. The number of benzene rings is 1. The van der Waals surface area contributed by atoms with Crippen LogP contribution in [0.25, 0.3) is 11.0 Å². The fourth-order valence-electron chi connectivity index (χ4n) is 4.01. The van der Waals surface area contributed by atoms with Crippen molar-refractivity contribution in [2.24, 2.45) is 0 Å². The van der Waals surface area contributed by atoms with Crippen molar-refractivity contribution >= 4 is 33.0 Å². The number of carbonyl (C=O) groups is 1. The van der Waals surface area contributed by atoms with Crippen molar-refractivity contribution < 1.29 is 17.9 Å². The van der Waals surface area contributed by atoms with Crippen molar-refractivity contribution in [3.63, 3.8) is 0 Å². The van der Waals surface area contributed by atoms with E-state index in [4.69, 9.17) is 4.74 Å². The van der Waals surface area contributed by atoms with Crippen molar-refractivity contribution in [3.8, 4) is 0 Å². The number of aromatic nitrogens is 3. The molecule has 0 saturated carbocycles. The van der Waals surface area contributed by atoms with Gasteiger partial charge in [-0.2, -0.15) is 0 Å². The van der Waals surface area contributed by atoms with Crippen LogP contribution in [0.4, 0.5) is 10.6 Å². The SMILES string of the molecule is Cc1ccc(S(=O)(=O)n2ccc3c(N[C@@H]4CCCCN(C(=O)OC(C)(C)C)C4)ncnc32)cc1. The molecule has 1 aliphatic heterocycles. The second-order valence-corrected chi connectivity index (χ2v) is 11.5. The van der Waals surface area contributed by atoms with E-state index in [1.54, 1.807) is 35.2 Å². The summed E-state index contributed by atoms with van der Waals surface area (Å²) in [6.07, 6.45) is 5.22. The molecule has 182 valence electrons. The summed E-state index contributed by atoms with van der Waals surface area (Å²) in [7, 11) is -3.80. The largest absolute Gasteiger partial charge is 0.444 e. The molecule has 1 atom stereocenters. The van der Waals surface area contributed by atoms with Gasteiger partial charge in [-0.25, -0.2) is 27.2 Å². The highest BCUT2D eigenvalue weighted by Gasteiger charge is 2.27. The molecule has 10 heteroatoms. The Hall–Kier alpha value is -3.14. The highest BCUT2D eigenvalue weighted by atomic mass is 32.2. The Morgan fingerprint density at radius 3 is 2.56 bits per heavy atom. The van der Waals surface area contributed by atoms with Gasteiger partial charge in [0, 0.05) is 25.3 Å². The van der Waals surface area contributed by atoms with Gasteiger partial charge in [0.15, 0.2) is 5.65 Å². The third-order valence-corrected chi connectivity index (χ3v) is 7.37. The van der Waals surface area contributed by atoms with E-state index in [1.807, 2.05) is 27.7 Å². The first-order valence-electron chi connectivity index (χ1n) is 11.4. The Morgan fingerprint density at radius 2 is 1.85 bits per heavy atom. The monoisotopic (exact) mass is 485 g/mol. The molecular weight excluding hydrogens is 454 g/mol. The van der Waals surface area contributed by atoms with Crippen LogP contribution in [0.15, 0.2) is 47.8 Å². The van der Waals surface area contributed by atoms with E-state index >= 15 is 0 Å². The summed E-state index contributed by atoms with van der Waals surface area (Å²) >= 11 is 0. The zero-order valence-electron chi connectivity index (χ0n) is 20.0. The van der Waals surface area contributed by atoms with Gasteiger partial charge in [-0.05, 0) is 65.2 Å². The fourth-order valence-corrected chi connectivity index (χ4v) is 5.31. The lowest BCUT2D eigenvalue weighted by atomic mass is 10.1. The minimum Gasteiger partial charge on any atom is -0.444 e. The van der Waals surface area contributed by atoms with Crippen LogP contribution in [-0.2, 0) is 14.8 Å². The first-order chi connectivity index (χ1) is 16.0. The number of anilines is 1. The van der Waals surface area contributed by atoms with Crippen LogP contribution in [0.5, 0.6) is 0 Å². The third-order valence-electron chi connectivity index (χ3n) is 5.69. The van der Waals surface area contributed by atoms with Crippen molar-refractivity contribution in [3.05, 3.63) is 48.4 Å². The van der Waals surface area contributed by atoms with Crippen molar-refractivity contribution in [1.29, 1.82) is 0 Å². The molecule has 0 unspecified atom stereocenters. The molecule has 1 fully saturated rings. The molecule has 1 aliphatic rings. The van der Waals surface area contributed by atoms with Crippen LogP contribution in [0.2, 0.25) is 0 Å². The molecule has 1 amide bonds. The number of hydrogen-bond acceptors (Lipinski definition) is 7. The molecule has 1 N–H and O–H groups in total. The van der Waals surface area contributed by atoms with Crippen LogP contribution in [0.3, 0.4) is 0 Å². The standard InChI is InChI=1S/C24H31N5O4S/c1-17-8-10-19(11-9-17)34(31,32)29-14-12-20-21(25-16-26-22(20)29)27-18-7-5-6-13-28(15-18)23(30)33-24(2,3)4/h8-12,14,16,18H,5-7,13,15H2,1-4H3,(H,25,26,27)/t18-/m1/s1. The zero-order valence-corrected chi connectivity index (χ0v) is 20.8. The van der Waals surface area contributed by atoms with Gasteiger partial charge < -0.3 is 15.0 Å². The maximum atomic E-state index is 13.2. The summed E-state index contributed by atoms with van der Waals surface area (Å²) in [5.74, 6) is 0.541. The van der Waals surface area contributed by atoms with Crippen molar-refractivity contribution in [2.45, 2.75) is 63.5 Å². The number of hydrogen-bond donors (Lipinski definition) is 1. The molecule has 4 rings (SSSR count). The van der Waals surface area contributed by atoms with Crippen LogP contribution in [0.1, 0.15) is 45.6 Å². The van der Waals surface area contributed by atoms with E-state index < -0.39 is 15.6 Å². The third kappa shape index (κ3) is 5.16. The van der Waals surface area contributed by atoms with Gasteiger partial charge in [0.05, 0.1) is 10.3 Å². The number of amides is 1. The van der Waals surface area contributed by atoms with E-state index in [-0.39, 0.29) is 17.0 Å². The average Bonchev–Trinajstić information content (AvgIpc) is 3.07. The minimum absolute atomic E-state index is 0.0508. The number of nitrogens with one attached hydrogen (secondary N) is 1. The first-order valence-corrected chi connectivity index (χ1v) is 12.9. The lowest BCUT2D eigenvalue weighted by Gasteiger charge is -2.28. The number of rotatable bonds is 4. The maximum absolute atomic E-state index is 13.2. The van der Waals surface area contributed by atoms with Gasteiger partial charge in [-0.15, -0.1) is 0 Å². The van der Waals surface area contributed by atoms with Gasteiger partial charge in [-0.1, -0.05) is 17.7 Å². The van der Waals surface area contributed by atoms with Crippen molar-refractivity contribution in [1.82, 2.24) is 18.8 Å². The van der Waals surface area contributed by atoms with E-state index in [9.17, 15) is 13.2 Å². The van der Waals surface area contributed by atoms with Gasteiger partial charge >= 0.3 is 6.09 Å². The van der Waals surface area contributed by atoms with E-state index in [0.29, 0.717) is 29.9 Å². The molecule has 2 aromatic heterocycles. The van der Waals surface area contributed by atoms with Gasteiger partial charge in [0.1, 0.15) is 17.7 Å². The first kappa shape index (κ1) is 24.0. The lowest BCUT2D eigenvalue weighted by molar-refractivity contribution is 0.0252. The van der Waals surface area contributed by atoms with Gasteiger partial charge in [-0.3, -0.25) is 0 Å². The molecule has 0 bridgehead atoms. The molecule has 34 heavy (non-hydrogen) atoms. The topological polar surface area (TPSA) is 106 Å². The number of likely N-dealkylation sites (tertiary alicyclic amines) is 1. The second kappa shape index (κ2) is 9.25. The summed E-state index contributed by atoms with van der Waals surface area (Å²) in [6.45, 7) is 8.58. The van der Waals surface area contributed by atoms with Gasteiger partial charge in [0.25, 0.3) is 10.0 Å². The smallest absolute Gasteiger partial charge is 0.410 e. The van der Waals surface area contributed by atoms with Gasteiger partial charge in [0.2, 0.25) is 0 Å². The van der Waals surface area contributed by atoms with Crippen LogP contribution in [0, 0.1) is 6.92 Å². The number of ether oxygens (including phenoxy) is 1. The van der Waals surface area contributed by atoms with E-state index in [0.717, 1.165) is 24.8 Å². The molecular formula is C24H31N5O4S. The lowest BCUT2D eigenvalue weighted by Crippen LogP contribution is -2.42. The Kier molecular flexibility index (Phi) is 6.53. The van der Waals surface area contributed by atoms with Crippen LogP contribution < -0.4 is 5.32 Å². The molecule has 1 saturated heterocycles. The van der Waals surface area contributed by atoms with E-state index in [1.165, 1.54) is 16.5 Å². The number of nitrogens with zero attached hydrogens (tertiary/aromatic N) is 4. The molecule has 9 nitrogen and oxygen atoms in total.